The Kier molecular flexibility index (Phi) is 2.78. The molecule has 1 saturated heterocycles. The highest BCUT2D eigenvalue weighted by Gasteiger charge is 2.22. The van der Waals surface area contributed by atoms with Crippen molar-refractivity contribution in [3.8, 4) is 0 Å². The molecule has 1 rings (SSSR count). The molecule has 0 radical (unpaired) electrons. The van der Waals surface area contributed by atoms with E-state index < -0.39 is 0 Å². The molecule has 1 heterocycles. The summed E-state index contributed by atoms with van der Waals surface area (Å²) in [5, 5.41) is 2.22. The number of nitrogens with zero attached hydrogens (tertiary/aromatic N) is 1. The number of carbonyl (C=O) groups excluding carboxylic acids is 2. The average Bonchev–Trinajstić information content (AvgIpc) is 1.81. The molecule has 0 aromatic carbocycles. The summed E-state index contributed by atoms with van der Waals surface area (Å²) in [5.74, 6) is -0.487. The Bertz CT molecular complexity index is 187. The molecule has 1 atom stereocenters. The maximum atomic E-state index is 10.9. The second-order valence-corrected chi connectivity index (χ2v) is 3.12. The van der Waals surface area contributed by atoms with Gasteiger partial charge in [0.15, 0.2) is 0 Å². The average molecular weight is 171 g/mol. The third-order valence-electron chi connectivity index (χ3n) is 1.56. The molecule has 3 N–H and O–H groups in total. The van der Waals surface area contributed by atoms with Crippen LogP contribution in [-0.2, 0) is 9.59 Å². The van der Waals surface area contributed by atoms with Crippen LogP contribution in [0, 0.1) is 0 Å². The van der Waals surface area contributed by atoms with Crippen LogP contribution in [0.15, 0.2) is 0 Å². The summed E-state index contributed by atoms with van der Waals surface area (Å²) in [6.07, 6.45) is 0. The maximum Gasteiger partial charge on any atom is 0.240 e. The summed E-state index contributed by atoms with van der Waals surface area (Å²) < 4.78 is 0. The lowest BCUT2D eigenvalue weighted by molar-refractivity contribution is -0.136. The minimum atomic E-state index is -0.244. The van der Waals surface area contributed by atoms with E-state index in [1.165, 1.54) is 0 Å². The molecule has 0 aliphatic carbocycles. The first-order valence-electron chi connectivity index (χ1n) is 3.88. The quantitative estimate of drug-likeness (QED) is 0.485. The Hall–Kier alpha value is -0.940. The largest absolute Gasteiger partial charge is 0.327 e. The molecule has 1 aliphatic heterocycles. The van der Waals surface area contributed by atoms with Crippen molar-refractivity contribution < 1.29 is 9.59 Å². The molecule has 0 aromatic heterocycles. The van der Waals surface area contributed by atoms with Crippen molar-refractivity contribution in [3.63, 3.8) is 0 Å². The van der Waals surface area contributed by atoms with E-state index in [2.05, 4.69) is 5.32 Å². The molecule has 1 fully saturated rings. The molecule has 12 heavy (non-hydrogen) atoms. The summed E-state index contributed by atoms with van der Waals surface area (Å²) >= 11 is 0. The molecule has 0 spiro atoms. The molecule has 0 aromatic rings. The van der Waals surface area contributed by atoms with Crippen LogP contribution in [0.3, 0.4) is 0 Å². The highest BCUT2D eigenvalue weighted by atomic mass is 16.2. The van der Waals surface area contributed by atoms with E-state index in [1.807, 2.05) is 6.92 Å². The monoisotopic (exact) mass is 171 g/mol. The van der Waals surface area contributed by atoms with Crippen molar-refractivity contribution in [2.75, 3.05) is 19.6 Å². The van der Waals surface area contributed by atoms with Crippen LogP contribution in [0.5, 0.6) is 0 Å². The number of nitrogens with two attached hydrogens (primary N) is 1. The fraction of sp³-hybridized carbons (Fsp3) is 0.714. The Morgan fingerprint density at radius 1 is 1.50 bits per heavy atom. The minimum absolute atomic E-state index is 0.0105. The van der Waals surface area contributed by atoms with Gasteiger partial charge in [-0.05, 0) is 6.92 Å². The van der Waals surface area contributed by atoms with Gasteiger partial charge >= 0.3 is 0 Å². The van der Waals surface area contributed by atoms with Crippen LogP contribution in [0.1, 0.15) is 6.92 Å². The van der Waals surface area contributed by atoms with E-state index in [0.29, 0.717) is 6.54 Å². The summed E-state index contributed by atoms with van der Waals surface area (Å²) in [6.45, 7) is 2.97. The minimum Gasteiger partial charge on any atom is -0.327 e. The van der Waals surface area contributed by atoms with Gasteiger partial charge in [-0.3, -0.25) is 19.8 Å². The van der Waals surface area contributed by atoms with Gasteiger partial charge in [-0.2, -0.15) is 0 Å². The lowest BCUT2D eigenvalue weighted by Gasteiger charge is -2.26. The Balaban J connectivity index is 2.44. The fourth-order valence-corrected chi connectivity index (χ4v) is 1.23. The lowest BCUT2D eigenvalue weighted by Crippen LogP contribution is -2.53. The molecular formula is C7H13N3O2. The zero-order valence-electron chi connectivity index (χ0n) is 7.04. The SMILES string of the molecule is CC(N)CN1CC(=O)NC(=O)C1. The molecule has 68 valence electrons. The Morgan fingerprint density at radius 2 is 2.00 bits per heavy atom. The van der Waals surface area contributed by atoms with Gasteiger partial charge in [0.2, 0.25) is 11.8 Å². The number of piperazine rings is 1. The maximum absolute atomic E-state index is 10.9. The topological polar surface area (TPSA) is 75.4 Å². The van der Waals surface area contributed by atoms with Crippen LogP contribution < -0.4 is 11.1 Å². The smallest absolute Gasteiger partial charge is 0.240 e. The van der Waals surface area contributed by atoms with E-state index in [0.717, 1.165) is 0 Å². The third-order valence-corrected chi connectivity index (χ3v) is 1.56. The van der Waals surface area contributed by atoms with E-state index in [9.17, 15) is 9.59 Å². The van der Waals surface area contributed by atoms with Gasteiger partial charge < -0.3 is 5.73 Å². The molecule has 1 unspecified atom stereocenters. The number of carbonyl (C=O) groups is 2. The van der Waals surface area contributed by atoms with Crippen molar-refractivity contribution in [2.24, 2.45) is 5.73 Å². The summed E-state index contributed by atoms with van der Waals surface area (Å²) in [4.78, 5) is 23.4. The standard InChI is InChI=1S/C7H13N3O2/c1-5(8)2-10-3-6(11)9-7(12)4-10/h5H,2-4,8H2,1H3,(H,9,11,12). The second-order valence-electron chi connectivity index (χ2n) is 3.12. The van der Waals surface area contributed by atoms with Crippen LogP contribution in [0.4, 0.5) is 0 Å². The third kappa shape index (κ3) is 2.60. The number of amides is 2. The molecule has 0 saturated carbocycles. The lowest BCUT2D eigenvalue weighted by atomic mass is 10.3. The molecule has 5 nitrogen and oxygen atoms in total. The van der Waals surface area contributed by atoms with Crippen molar-refractivity contribution in [3.05, 3.63) is 0 Å². The number of hydrogen-bond donors (Lipinski definition) is 2. The van der Waals surface area contributed by atoms with E-state index in [-0.39, 0.29) is 30.9 Å². The summed E-state index contributed by atoms with van der Waals surface area (Å²) in [7, 11) is 0. The van der Waals surface area contributed by atoms with Crippen LogP contribution >= 0.6 is 0 Å². The molecule has 5 heteroatoms. The first kappa shape index (κ1) is 9.15. The van der Waals surface area contributed by atoms with E-state index >= 15 is 0 Å². The van der Waals surface area contributed by atoms with Gasteiger partial charge in [0.1, 0.15) is 0 Å². The number of nitrogens with one attached hydrogen (secondary N) is 1. The van der Waals surface area contributed by atoms with Gasteiger partial charge in [0, 0.05) is 12.6 Å². The zero-order valence-corrected chi connectivity index (χ0v) is 7.04. The van der Waals surface area contributed by atoms with Gasteiger partial charge in [-0.15, -0.1) is 0 Å². The van der Waals surface area contributed by atoms with Gasteiger partial charge in [0.05, 0.1) is 13.1 Å². The van der Waals surface area contributed by atoms with Crippen LogP contribution in [0.2, 0.25) is 0 Å². The van der Waals surface area contributed by atoms with Crippen molar-refractivity contribution in [1.29, 1.82) is 0 Å². The van der Waals surface area contributed by atoms with Crippen molar-refractivity contribution >= 4 is 11.8 Å². The molecule has 2 amide bonds. The Labute approximate surface area is 70.9 Å². The van der Waals surface area contributed by atoms with Gasteiger partial charge in [-0.1, -0.05) is 0 Å². The summed E-state index contributed by atoms with van der Waals surface area (Å²) in [6, 6.07) is -0.0105. The molecule has 0 bridgehead atoms. The highest BCUT2D eigenvalue weighted by Crippen LogP contribution is 1.95. The zero-order chi connectivity index (χ0) is 9.14. The Morgan fingerprint density at radius 3 is 2.42 bits per heavy atom. The first-order valence-corrected chi connectivity index (χ1v) is 3.88. The second kappa shape index (κ2) is 3.64. The van der Waals surface area contributed by atoms with Crippen LogP contribution in [-0.4, -0.2) is 42.4 Å². The van der Waals surface area contributed by atoms with Gasteiger partial charge in [0.25, 0.3) is 0 Å². The predicted octanol–water partition coefficient (Wildman–Crippen LogP) is -1.71. The number of rotatable bonds is 2. The fourth-order valence-electron chi connectivity index (χ4n) is 1.23. The molecule has 1 aliphatic rings. The van der Waals surface area contributed by atoms with Crippen molar-refractivity contribution in [1.82, 2.24) is 10.2 Å². The number of hydrogen-bond acceptors (Lipinski definition) is 4. The molecular weight excluding hydrogens is 158 g/mol. The van der Waals surface area contributed by atoms with Crippen molar-refractivity contribution in [2.45, 2.75) is 13.0 Å². The predicted molar refractivity (Wildman–Crippen MR) is 43.2 cm³/mol. The van der Waals surface area contributed by atoms with Crippen LogP contribution in [0.25, 0.3) is 0 Å². The van der Waals surface area contributed by atoms with E-state index in [4.69, 9.17) is 5.73 Å². The highest BCUT2D eigenvalue weighted by molar-refractivity contribution is 5.99. The van der Waals surface area contributed by atoms with E-state index in [1.54, 1.807) is 4.90 Å². The summed E-state index contributed by atoms with van der Waals surface area (Å²) in [5.41, 5.74) is 5.53. The number of imide groups is 1. The normalized spacial score (nSPS) is 22.2. The first-order chi connectivity index (χ1) is 5.58. The van der Waals surface area contributed by atoms with Gasteiger partial charge in [-0.25, -0.2) is 0 Å².